The zero-order valence-corrected chi connectivity index (χ0v) is 11.8. The van der Waals surface area contributed by atoms with Crippen LogP contribution in [0.3, 0.4) is 0 Å². The number of hydrogen-bond acceptors (Lipinski definition) is 3. The average molecular weight is 252 g/mol. The van der Waals surface area contributed by atoms with Gasteiger partial charge in [0.1, 0.15) is 0 Å². The van der Waals surface area contributed by atoms with Crippen LogP contribution in [0.25, 0.3) is 0 Å². The maximum absolute atomic E-state index is 6.58. The molecule has 0 bridgehead atoms. The number of likely N-dealkylation sites (tertiary alicyclic amines) is 1. The van der Waals surface area contributed by atoms with E-state index in [9.17, 15) is 0 Å². The van der Waals surface area contributed by atoms with E-state index < -0.39 is 0 Å². The molecule has 1 saturated heterocycles. The minimum atomic E-state index is 0.154. The first-order valence-corrected chi connectivity index (χ1v) is 7.71. The second kappa shape index (κ2) is 5.51. The minimum absolute atomic E-state index is 0.154. The van der Waals surface area contributed by atoms with Crippen molar-refractivity contribution in [3.63, 3.8) is 0 Å². The topological polar surface area (TPSA) is 29.3 Å². The van der Waals surface area contributed by atoms with Crippen molar-refractivity contribution >= 4 is 11.3 Å². The first kappa shape index (κ1) is 13.1. The molecule has 1 aromatic rings. The van der Waals surface area contributed by atoms with Gasteiger partial charge in [-0.15, -0.1) is 0 Å². The van der Waals surface area contributed by atoms with Crippen LogP contribution in [0.5, 0.6) is 0 Å². The predicted octanol–water partition coefficient (Wildman–Crippen LogP) is 3.40. The van der Waals surface area contributed by atoms with Crippen LogP contribution in [0.15, 0.2) is 16.8 Å². The molecule has 0 radical (unpaired) electrons. The fourth-order valence-corrected chi connectivity index (χ4v) is 3.95. The summed E-state index contributed by atoms with van der Waals surface area (Å²) in [4.78, 5) is 2.63. The molecule has 0 aromatic carbocycles. The monoisotopic (exact) mass is 252 g/mol. The number of nitrogens with zero attached hydrogens (tertiary/aromatic N) is 1. The second-order valence-corrected chi connectivity index (χ2v) is 5.82. The van der Waals surface area contributed by atoms with Crippen LogP contribution >= 0.6 is 11.3 Å². The zero-order valence-electron chi connectivity index (χ0n) is 11.0. The van der Waals surface area contributed by atoms with Crippen LogP contribution in [0.4, 0.5) is 0 Å². The lowest BCUT2D eigenvalue weighted by Gasteiger charge is -2.45. The van der Waals surface area contributed by atoms with E-state index >= 15 is 0 Å². The number of rotatable bonds is 5. The molecule has 2 heterocycles. The molecule has 96 valence electrons. The normalized spacial score (nSPS) is 19.7. The number of hydrogen-bond donors (Lipinski definition) is 1. The van der Waals surface area contributed by atoms with Gasteiger partial charge < -0.3 is 5.73 Å². The molecule has 2 rings (SSSR count). The predicted molar refractivity (Wildman–Crippen MR) is 75.4 cm³/mol. The Morgan fingerprint density at radius 3 is 2.47 bits per heavy atom. The molecule has 0 spiro atoms. The highest BCUT2D eigenvalue weighted by molar-refractivity contribution is 7.07. The molecule has 0 aliphatic carbocycles. The van der Waals surface area contributed by atoms with Crippen molar-refractivity contribution in [3.8, 4) is 0 Å². The molecule has 2 N–H and O–H groups in total. The Balaban J connectivity index is 2.26. The SMILES string of the molecule is CCC(CC)(C(N)c1ccsc1)N1CCCC1. The molecular formula is C14H24N2S. The quantitative estimate of drug-likeness (QED) is 0.870. The molecule has 2 nitrogen and oxygen atoms in total. The van der Waals surface area contributed by atoms with Gasteiger partial charge in [-0.1, -0.05) is 13.8 Å². The van der Waals surface area contributed by atoms with Crippen molar-refractivity contribution in [2.45, 2.75) is 51.1 Å². The summed E-state index contributed by atoms with van der Waals surface area (Å²) < 4.78 is 0. The summed E-state index contributed by atoms with van der Waals surface area (Å²) in [5, 5.41) is 4.34. The van der Waals surface area contributed by atoms with Gasteiger partial charge in [0.2, 0.25) is 0 Å². The number of nitrogens with two attached hydrogens (primary N) is 1. The Morgan fingerprint density at radius 2 is 2.00 bits per heavy atom. The van der Waals surface area contributed by atoms with Gasteiger partial charge in [0.15, 0.2) is 0 Å². The number of thiophene rings is 1. The summed E-state index contributed by atoms with van der Waals surface area (Å²) >= 11 is 1.75. The van der Waals surface area contributed by atoms with Gasteiger partial charge in [-0.3, -0.25) is 4.90 Å². The van der Waals surface area contributed by atoms with E-state index in [1.54, 1.807) is 11.3 Å². The Labute approximate surface area is 109 Å². The Bertz CT molecular complexity index is 324. The van der Waals surface area contributed by atoms with Gasteiger partial charge in [0.05, 0.1) is 0 Å². The smallest absolute Gasteiger partial charge is 0.0490 e. The maximum atomic E-state index is 6.58. The van der Waals surface area contributed by atoms with Gasteiger partial charge in [0.25, 0.3) is 0 Å². The van der Waals surface area contributed by atoms with E-state index in [4.69, 9.17) is 5.73 Å². The zero-order chi connectivity index (χ0) is 12.3. The molecule has 0 saturated carbocycles. The van der Waals surface area contributed by atoms with Gasteiger partial charge >= 0.3 is 0 Å². The molecule has 1 aliphatic heterocycles. The molecule has 1 atom stereocenters. The van der Waals surface area contributed by atoms with Crippen molar-refractivity contribution < 1.29 is 0 Å². The van der Waals surface area contributed by atoms with Gasteiger partial charge in [-0.25, -0.2) is 0 Å². The summed E-state index contributed by atoms with van der Waals surface area (Å²) in [6.45, 7) is 7.02. The van der Waals surface area contributed by atoms with Crippen molar-refractivity contribution in [2.75, 3.05) is 13.1 Å². The highest BCUT2D eigenvalue weighted by Gasteiger charge is 2.40. The molecule has 0 amide bonds. The third-order valence-electron chi connectivity index (χ3n) is 4.44. The van der Waals surface area contributed by atoms with Crippen LogP contribution in [-0.4, -0.2) is 23.5 Å². The summed E-state index contributed by atoms with van der Waals surface area (Å²) in [6.07, 6.45) is 4.94. The fourth-order valence-electron chi connectivity index (χ4n) is 3.26. The van der Waals surface area contributed by atoms with E-state index in [2.05, 4.69) is 35.6 Å². The first-order chi connectivity index (χ1) is 8.24. The Hall–Kier alpha value is -0.380. The summed E-state index contributed by atoms with van der Waals surface area (Å²) in [7, 11) is 0. The van der Waals surface area contributed by atoms with Crippen molar-refractivity contribution in [2.24, 2.45) is 5.73 Å². The summed E-state index contributed by atoms with van der Waals surface area (Å²) in [5.41, 5.74) is 8.06. The lowest BCUT2D eigenvalue weighted by molar-refractivity contribution is 0.0768. The lowest BCUT2D eigenvalue weighted by atomic mass is 9.80. The minimum Gasteiger partial charge on any atom is -0.322 e. The van der Waals surface area contributed by atoms with Crippen LogP contribution in [0.2, 0.25) is 0 Å². The van der Waals surface area contributed by atoms with Crippen molar-refractivity contribution in [1.29, 1.82) is 0 Å². The maximum Gasteiger partial charge on any atom is 0.0490 e. The summed E-state index contributed by atoms with van der Waals surface area (Å²) in [6, 6.07) is 2.34. The summed E-state index contributed by atoms with van der Waals surface area (Å²) in [5.74, 6) is 0. The highest BCUT2D eigenvalue weighted by atomic mass is 32.1. The third kappa shape index (κ3) is 2.28. The molecule has 1 unspecified atom stereocenters. The molecule has 1 aliphatic rings. The largest absolute Gasteiger partial charge is 0.322 e. The van der Waals surface area contributed by atoms with E-state index in [-0.39, 0.29) is 11.6 Å². The third-order valence-corrected chi connectivity index (χ3v) is 5.14. The molecular weight excluding hydrogens is 228 g/mol. The van der Waals surface area contributed by atoms with E-state index in [0.29, 0.717) is 0 Å². The second-order valence-electron chi connectivity index (χ2n) is 5.04. The standard InChI is InChI=1S/C14H24N2S/c1-3-14(4-2,16-8-5-6-9-16)13(15)12-7-10-17-11-12/h7,10-11,13H,3-6,8-9,15H2,1-2H3. The van der Waals surface area contributed by atoms with Crippen molar-refractivity contribution in [1.82, 2.24) is 4.90 Å². The Kier molecular flexibility index (Phi) is 4.23. The molecule has 17 heavy (non-hydrogen) atoms. The fraction of sp³-hybridized carbons (Fsp3) is 0.714. The van der Waals surface area contributed by atoms with E-state index in [1.165, 1.54) is 31.5 Å². The van der Waals surface area contributed by atoms with Gasteiger partial charge in [-0.05, 0) is 61.2 Å². The van der Waals surface area contributed by atoms with Crippen molar-refractivity contribution in [3.05, 3.63) is 22.4 Å². The van der Waals surface area contributed by atoms with Crippen LogP contribution in [0.1, 0.15) is 51.1 Å². The lowest BCUT2D eigenvalue weighted by Crippen LogP contribution is -2.53. The molecule has 1 fully saturated rings. The van der Waals surface area contributed by atoms with E-state index in [1.807, 2.05) is 0 Å². The molecule has 3 heteroatoms. The van der Waals surface area contributed by atoms with Gasteiger partial charge in [-0.2, -0.15) is 11.3 Å². The Morgan fingerprint density at radius 1 is 1.35 bits per heavy atom. The van der Waals surface area contributed by atoms with Gasteiger partial charge in [0, 0.05) is 11.6 Å². The van der Waals surface area contributed by atoms with E-state index in [0.717, 1.165) is 12.8 Å². The van der Waals surface area contributed by atoms with Crippen LogP contribution < -0.4 is 5.73 Å². The molecule has 1 aromatic heterocycles. The average Bonchev–Trinajstić information content (AvgIpc) is 3.04. The van der Waals surface area contributed by atoms with Crippen LogP contribution in [0, 0.1) is 0 Å². The van der Waals surface area contributed by atoms with Crippen LogP contribution in [-0.2, 0) is 0 Å². The first-order valence-electron chi connectivity index (χ1n) is 6.77. The highest BCUT2D eigenvalue weighted by Crippen LogP contribution is 2.38.